The molecule has 0 unspecified atom stereocenters. The molecular formula is C22H20ClN3O2S. The number of benzene rings is 1. The molecule has 3 aromatic rings. The summed E-state index contributed by atoms with van der Waals surface area (Å²) in [7, 11) is 1.42. The van der Waals surface area contributed by atoms with Gasteiger partial charge in [-0.1, -0.05) is 23.7 Å². The van der Waals surface area contributed by atoms with Gasteiger partial charge in [0.15, 0.2) is 5.82 Å². The van der Waals surface area contributed by atoms with Gasteiger partial charge in [0.1, 0.15) is 5.82 Å². The largest absolute Gasteiger partial charge is 0.469 e. The van der Waals surface area contributed by atoms with Crippen molar-refractivity contribution in [2.75, 3.05) is 18.6 Å². The summed E-state index contributed by atoms with van der Waals surface area (Å²) in [5.74, 6) is 1.56. The van der Waals surface area contributed by atoms with Crippen molar-refractivity contribution in [1.82, 2.24) is 9.97 Å². The zero-order valence-corrected chi connectivity index (χ0v) is 17.6. The highest BCUT2D eigenvalue weighted by Crippen LogP contribution is 2.40. The van der Waals surface area contributed by atoms with Crippen LogP contribution < -0.4 is 4.90 Å². The summed E-state index contributed by atoms with van der Waals surface area (Å²) < 4.78 is 5.54. The van der Waals surface area contributed by atoms with Gasteiger partial charge in [0.2, 0.25) is 0 Å². The van der Waals surface area contributed by atoms with Crippen molar-refractivity contribution in [3.8, 4) is 10.7 Å². The number of thiophene rings is 1. The quantitative estimate of drug-likeness (QED) is 0.564. The third kappa shape index (κ3) is 3.40. The number of halogens is 1. The van der Waals surface area contributed by atoms with E-state index >= 15 is 0 Å². The molecule has 1 aromatic carbocycles. The zero-order chi connectivity index (χ0) is 20.0. The smallest absolute Gasteiger partial charge is 0.309 e. The van der Waals surface area contributed by atoms with Crippen LogP contribution in [0.3, 0.4) is 0 Å². The van der Waals surface area contributed by atoms with E-state index in [9.17, 15) is 4.79 Å². The molecule has 0 saturated carbocycles. The van der Waals surface area contributed by atoms with Gasteiger partial charge in [-0.3, -0.25) is 4.79 Å². The van der Waals surface area contributed by atoms with Crippen LogP contribution in [0.2, 0.25) is 4.34 Å². The van der Waals surface area contributed by atoms with Gasteiger partial charge in [-0.05, 0) is 55.0 Å². The van der Waals surface area contributed by atoms with Gasteiger partial charge in [-0.2, -0.15) is 0 Å². The number of hydrogen-bond acceptors (Lipinski definition) is 6. The Kier molecular flexibility index (Phi) is 4.76. The van der Waals surface area contributed by atoms with E-state index in [0.717, 1.165) is 64.3 Å². The molecule has 0 radical (unpaired) electrons. The molecule has 2 aliphatic rings. The molecule has 5 nitrogen and oxygen atoms in total. The summed E-state index contributed by atoms with van der Waals surface area (Å²) in [6.45, 7) is 0.880. The monoisotopic (exact) mass is 425 g/mol. The molecule has 7 heteroatoms. The summed E-state index contributed by atoms with van der Waals surface area (Å²) in [5.41, 5.74) is 5.83. The van der Waals surface area contributed by atoms with E-state index in [1.165, 1.54) is 35.3 Å². The highest BCUT2D eigenvalue weighted by atomic mass is 35.5. The number of rotatable bonds is 4. The number of methoxy groups -OCH3 is 1. The predicted molar refractivity (Wildman–Crippen MR) is 115 cm³/mol. The van der Waals surface area contributed by atoms with Crippen LogP contribution in [0.1, 0.15) is 28.8 Å². The summed E-state index contributed by atoms with van der Waals surface area (Å²) in [6, 6.07) is 10.1. The molecule has 5 rings (SSSR count). The number of anilines is 2. The predicted octanol–water partition coefficient (Wildman–Crippen LogP) is 4.76. The van der Waals surface area contributed by atoms with Crippen molar-refractivity contribution in [2.24, 2.45) is 0 Å². The minimum atomic E-state index is -0.215. The summed E-state index contributed by atoms with van der Waals surface area (Å²) in [5, 5.41) is 0. The van der Waals surface area contributed by atoms with E-state index in [1.54, 1.807) is 0 Å². The third-order valence-electron chi connectivity index (χ3n) is 5.58. The molecule has 1 aliphatic heterocycles. The van der Waals surface area contributed by atoms with E-state index in [-0.39, 0.29) is 5.97 Å². The van der Waals surface area contributed by atoms with E-state index in [2.05, 4.69) is 17.0 Å². The fourth-order valence-electron chi connectivity index (χ4n) is 4.20. The number of hydrogen-bond donors (Lipinski definition) is 0. The second kappa shape index (κ2) is 7.43. The first-order valence-corrected chi connectivity index (χ1v) is 10.9. The van der Waals surface area contributed by atoms with Crippen LogP contribution in [-0.2, 0) is 35.2 Å². The highest BCUT2D eigenvalue weighted by molar-refractivity contribution is 7.19. The van der Waals surface area contributed by atoms with E-state index < -0.39 is 0 Å². The zero-order valence-electron chi connectivity index (χ0n) is 16.1. The van der Waals surface area contributed by atoms with Crippen LogP contribution in [0.25, 0.3) is 10.7 Å². The number of aryl methyl sites for hydroxylation is 1. The van der Waals surface area contributed by atoms with Gasteiger partial charge in [0.25, 0.3) is 0 Å². The average Bonchev–Trinajstić information content (AvgIpc) is 3.45. The van der Waals surface area contributed by atoms with Gasteiger partial charge in [-0.15, -0.1) is 11.3 Å². The number of carbonyl (C=O) groups excluding carboxylic acids is 1. The molecule has 29 heavy (non-hydrogen) atoms. The molecule has 0 fully saturated rings. The lowest BCUT2D eigenvalue weighted by molar-refractivity contribution is -0.139. The Morgan fingerprint density at radius 3 is 2.90 bits per heavy atom. The van der Waals surface area contributed by atoms with Crippen LogP contribution in [0.15, 0.2) is 30.3 Å². The molecule has 0 amide bonds. The highest BCUT2D eigenvalue weighted by Gasteiger charge is 2.28. The molecule has 0 spiro atoms. The summed E-state index contributed by atoms with van der Waals surface area (Å²) in [4.78, 5) is 24.7. The summed E-state index contributed by atoms with van der Waals surface area (Å²) in [6.07, 6.45) is 4.36. The molecule has 0 atom stereocenters. The van der Waals surface area contributed by atoms with Crippen molar-refractivity contribution in [3.05, 3.63) is 57.1 Å². The molecule has 0 bridgehead atoms. The number of nitrogens with zero attached hydrogens (tertiary/aromatic N) is 3. The first kappa shape index (κ1) is 18.6. The van der Waals surface area contributed by atoms with Gasteiger partial charge in [0.05, 0.1) is 22.7 Å². The minimum absolute atomic E-state index is 0.215. The average molecular weight is 426 g/mol. The Bertz CT molecular complexity index is 1110. The van der Waals surface area contributed by atoms with E-state index in [4.69, 9.17) is 26.3 Å². The Morgan fingerprint density at radius 2 is 2.10 bits per heavy atom. The van der Waals surface area contributed by atoms with Gasteiger partial charge in [-0.25, -0.2) is 9.97 Å². The summed E-state index contributed by atoms with van der Waals surface area (Å²) >= 11 is 7.65. The molecule has 3 heterocycles. The lowest BCUT2D eigenvalue weighted by Crippen LogP contribution is -2.18. The Morgan fingerprint density at radius 1 is 1.21 bits per heavy atom. The maximum atomic E-state index is 11.6. The van der Waals surface area contributed by atoms with Crippen molar-refractivity contribution >= 4 is 40.4 Å². The Balaban J connectivity index is 1.54. The number of fused-ring (bicyclic) bond motifs is 2. The van der Waals surface area contributed by atoms with Gasteiger partial charge >= 0.3 is 5.97 Å². The number of carbonyl (C=O) groups is 1. The van der Waals surface area contributed by atoms with E-state index in [1.807, 2.05) is 18.2 Å². The molecule has 1 aliphatic carbocycles. The lowest BCUT2D eigenvalue weighted by Gasteiger charge is -2.22. The Hall–Kier alpha value is -2.44. The second-order valence-corrected chi connectivity index (χ2v) is 9.09. The third-order valence-corrected chi connectivity index (χ3v) is 6.80. The number of ether oxygens (including phenoxy) is 1. The number of aromatic nitrogens is 2. The maximum absolute atomic E-state index is 11.6. The maximum Gasteiger partial charge on any atom is 0.309 e. The fraction of sp³-hybridized carbons (Fsp3) is 0.318. The first-order chi connectivity index (χ1) is 14.1. The van der Waals surface area contributed by atoms with Crippen LogP contribution in [0.4, 0.5) is 11.5 Å². The normalized spacial score (nSPS) is 14.8. The van der Waals surface area contributed by atoms with Crippen LogP contribution >= 0.6 is 22.9 Å². The molecule has 2 aromatic heterocycles. The lowest BCUT2D eigenvalue weighted by atomic mass is 10.1. The molecule has 148 valence electrons. The van der Waals surface area contributed by atoms with Crippen molar-refractivity contribution < 1.29 is 9.53 Å². The second-order valence-electron chi connectivity index (χ2n) is 7.37. The van der Waals surface area contributed by atoms with Crippen LogP contribution in [0.5, 0.6) is 0 Å². The van der Waals surface area contributed by atoms with Crippen molar-refractivity contribution in [2.45, 2.75) is 32.1 Å². The Labute approximate surface area is 178 Å². The fourth-order valence-corrected chi connectivity index (χ4v) is 5.18. The van der Waals surface area contributed by atoms with Gasteiger partial charge < -0.3 is 9.64 Å². The topological polar surface area (TPSA) is 55.3 Å². The molecular weight excluding hydrogens is 406 g/mol. The van der Waals surface area contributed by atoms with Crippen LogP contribution in [-0.4, -0.2) is 29.6 Å². The van der Waals surface area contributed by atoms with Crippen molar-refractivity contribution in [3.63, 3.8) is 0 Å². The van der Waals surface area contributed by atoms with Crippen LogP contribution in [0, 0.1) is 0 Å². The minimum Gasteiger partial charge on any atom is -0.469 e. The molecule has 0 saturated heterocycles. The van der Waals surface area contributed by atoms with Crippen molar-refractivity contribution in [1.29, 1.82) is 0 Å². The molecule has 0 N–H and O–H groups in total. The SMILES string of the molecule is COC(=O)Cc1ccc2c(c1)CCN2c1nc(-c2ccc(Cl)s2)nc2c1CCC2. The first-order valence-electron chi connectivity index (χ1n) is 9.74. The number of esters is 1. The van der Waals surface area contributed by atoms with Gasteiger partial charge in [0, 0.05) is 23.5 Å². The standard InChI is InChI=1S/C22H20ClN3O2S/c1-28-20(27)12-13-5-6-17-14(11-13)9-10-26(17)22-15-3-2-4-16(15)24-21(25-22)18-7-8-19(23)29-18/h5-8,11H,2-4,9-10,12H2,1H3. The van der Waals surface area contributed by atoms with E-state index in [0.29, 0.717) is 6.42 Å².